The number of carbonyl (C=O) groups is 1. The van der Waals surface area contributed by atoms with Crippen molar-refractivity contribution in [1.29, 1.82) is 0 Å². The Kier molecular flexibility index (Phi) is 9.43. The molecule has 0 saturated heterocycles. The lowest BCUT2D eigenvalue weighted by atomic mass is 10.2. The highest BCUT2D eigenvalue weighted by atomic mass is 79.9. The molecule has 0 radical (unpaired) electrons. The number of rotatable bonds is 3. The monoisotopic (exact) mass is 504 g/mol. The van der Waals surface area contributed by atoms with Crippen molar-refractivity contribution in [3.05, 3.63) is 72.1 Å². The summed E-state index contributed by atoms with van der Waals surface area (Å²) >= 11 is 31.3. The van der Waals surface area contributed by atoms with E-state index in [9.17, 15) is 9.90 Å². The molecule has 0 bridgehead atoms. The molecule has 0 aromatic heterocycles. The number of phenols is 1. The second-order valence-corrected chi connectivity index (χ2v) is 7.07. The van der Waals surface area contributed by atoms with Crippen molar-refractivity contribution >= 4 is 79.9 Å². The number of hydrogen-bond donors (Lipinski definition) is 1. The van der Waals surface area contributed by atoms with E-state index in [2.05, 4.69) is 22.5 Å². The quantitative estimate of drug-likeness (QED) is 0.205. The first kappa shape index (κ1) is 22.4. The van der Waals surface area contributed by atoms with Gasteiger partial charge in [-0.15, -0.1) is 0 Å². The molecule has 0 unspecified atom stereocenters. The molecule has 0 fully saturated rings. The predicted molar refractivity (Wildman–Crippen MR) is 107 cm³/mol. The van der Waals surface area contributed by atoms with Crippen molar-refractivity contribution in [3.8, 4) is 5.75 Å². The summed E-state index contributed by atoms with van der Waals surface area (Å²) in [6.45, 7) is 3.58. The van der Waals surface area contributed by atoms with Crippen molar-refractivity contribution in [3.63, 3.8) is 0 Å². The topological polar surface area (TPSA) is 46.5 Å². The first-order valence-electron chi connectivity index (χ1n) is 6.43. The lowest BCUT2D eigenvalue weighted by Gasteiger charge is -2.06. The van der Waals surface area contributed by atoms with Gasteiger partial charge in [-0.3, -0.25) is 0 Å². The largest absolute Gasteiger partial charge is 0.505 e. The fraction of sp³-hybridized carbons (Fsp3) is 0.0625. The molecule has 0 amide bonds. The molecule has 0 atom stereocenters. The zero-order chi connectivity index (χ0) is 19.1. The van der Waals surface area contributed by atoms with Gasteiger partial charge in [-0.1, -0.05) is 98.7 Å². The third-order valence-electron chi connectivity index (χ3n) is 2.68. The molecule has 9 heteroatoms. The lowest BCUT2D eigenvalue weighted by Crippen LogP contribution is -2.00. The smallest absolute Gasteiger partial charge is 0.330 e. The third-order valence-corrected chi connectivity index (χ3v) is 5.71. The third kappa shape index (κ3) is 6.24. The van der Waals surface area contributed by atoms with E-state index in [1.807, 2.05) is 24.3 Å². The van der Waals surface area contributed by atoms with Crippen LogP contribution in [-0.4, -0.2) is 11.1 Å². The van der Waals surface area contributed by atoms with E-state index in [1.165, 1.54) is 0 Å². The summed E-state index contributed by atoms with van der Waals surface area (Å²) in [5.74, 6) is -0.770. The van der Waals surface area contributed by atoms with Crippen LogP contribution in [0.4, 0.5) is 0 Å². The molecule has 0 heterocycles. The highest BCUT2D eigenvalue weighted by Gasteiger charge is 2.18. The second kappa shape index (κ2) is 10.5. The first-order chi connectivity index (χ1) is 11.7. The van der Waals surface area contributed by atoms with E-state index in [1.54, 1.807) is 0 Å². The Labute approximate surface area is 178 Å². The number of esters is 1. The second-order valence-electron chi connectivity index (χ2n) is 4.32. The fourth-order valence-electron chi connectivity index (χ4n) is 1.42. The van der Waals surface area contributed by atoms with Crippen LogP contribution < -0.4 is 0 Å². The fourth-order valence-corrected chi connectivity index (χ4v) is 2.94. The average Bonchev–Trinajstić information content (AvgIpc) is 2.62. The Morgan fingerprint density at radius 2 is 1.52 bits per heavy atom. The maximum atomic E-state index is 10.7. The van der Waals surface area contributed by atoms with Crippen molar-refractivity contribution in [2.75, 3.05) is 0 Å². The zero-order valence-electron chi connectivity index (χ0n) is 12.3. The maximum Gasteiger partial charge on any atom is 0.330 e. The highest BCUT2D eigenvalue weighted by Crippen LogP contribution is 2.47. The van der Waals surface area contributed by atoms with E-state index in [0.717, 1.165) is 16.1 Å². The average molecular weight is 507 g/mol. The van der Waals surface area contributed by atoms with Gasteiger partial charge < -0.3 is 9.84 Å². The summed E-state index contributed by atoms with van der Waals surface area (Å²) in [5, 5.41) is 9.01. The number of ether oxygens (including phenoxy) is 1. The minimum absolute atomic E-state index is 0.00904. The van der Waals surface area contributed by atoms with Gasteiger partial charge in [0.2, 0.25) is 0 Å². The van der Waals surface area contributed by atoms with Crippen molar-refractivity contribution in [1.82, 2.24) is 0 Å². The van der Waals surface area contributed by atoms with Crippen molar-refractivity contribution < 1.29 is 14.6 Å². The Bertz CT molecular complexity index is 691. The van der Waals surface area contributed by atoms with E-state index < -0.39 is 5.97 Å². The maximum absolute atomic E-state index is 10.7. The Morgan fingerprint density at radius 1 is 1.04 bits per heavy atom. The molecule has 0 saturated carbocycles. The number of hydrogen-bond acceptors (Lipinski definition) is 3. The van der Waals surface area contributed by atoms with Crippen LogP contribution in [0.1, 0.15) is 5.56 Å². The number of aromatic hydroxyl groups is 1. The summed E-state index contributed by atoms with van der Waals surface area (Å²) in [4.78, 5) is 10.7. The molecule has 1 N–H and O–H groups in total. The molecule has 2 rings (SSSR count). The molecule has 2 aromatic rings. The van der Waals surface area contributed by atoms with E-state index in [4.69, 9.17) is 62.7 Å². The summed E-state index contributed by atoms with van der Waals surface area (Å²) in [5.41, 5.74) is 0.942. The summed E-state index contributed by atoms with van der Waals surface area (Å²) in [6.07, 6.45) is 1.15. The van der Waals surface area contributed by atoms with Gasteiger partial charge >= 0.3 is 5.97 Å². The van der Waals surface area contributed by atoms with Crippen LogP contribution in [-0.2, 0) is 16.1 Å². The van der Waals surface area contributed by atoms with Gasteiger partial charge in [0.05, 0.1) is 15.1 Å². The van der Waals surface area contributed by atoms with Gasteiger partial charge in [0.25, 0.3) is 0 Å². The van der Waals surface area contributed by atoms with Gasteiger partial charge in [-0.25, -0.2) is 4.79 Å². The number of benzene rings is 2. The molecule has 134 valence electrons. The summed E-state index contributed by atoms with van der Waals surface area (Å²) < 4.78 is 5.81. The molecule has 0 aliphatic carbocycles. The van der Waals surface area contributed by atoms with Crippen LogP contribution in [0.3, 0.4) is 0 Å². The van der Waals surface area contributed by atoms with Crippen molar-refractivity contribution in [2.45, 2.75) is 6.61 Å². The molecular formula is C16H10BrCl5O3. The Balaban J connectivity index is 0.000000251. The SMILES string of the molecule is C=CC(=O)OCc1ccccc1Br.Oc1c(Cl)c(Cl)c(Cl)c(Cl)c1Cl. The van der Waals surface area contributed by atoms with Gasteiger partial charge in [-0.05, 0) is 6.07 Å². The standard InChI is InChI=1S/C10H9BrO2.C6HCl5O/c1-2-10(12)13-7-8-5-3-4-6-9(8)11;7-1-2(8)4(10)6(12)5(11)3(1)9/h2-6H,1,7H2;12H. The Morgan fingerprint density at radius 3 is 2.00 bits per heavy atom. The number of halogens is 6. The summed E-state index contributed by atoms with van der Waals surface area (Å²) in [7, 11) is 0. The lowest BCUT2D eigenvalue weighted by molar-refractivity contribution is -0.138. The number of carbonyl (C=O) groups excluding carboxylic acids is 1. The zero-order valence-corrected chi connectivity index (χ0v) is 17.7. The van der Waals surface area contributed by atoms with Crippen LogP contribution >= 0.6 is 73.9 Å². The Hall–Kier alpha value is -0.620. The van der Waals surface area contributed by atoms with E-state index in [-0.39, 0.29) is 37.5 Å². The highest BCUT2D eigenvalue weighted by molar-refractivity contribution is 9.10. The normalized spacial score (nSPS) is 9.84. The van der Waals surface area contributed by atoms with Crippen molar-refractivity contribution in [2.24, 2.45) is 0 Å². The van der Waals surface area contributed by atoms with Gasteiger partial charge in [0.15, 0.2) is 5.75 Å². The minimum Gasteiger partial charge on any atom is -0.505 e. The van der Waals surface area contributed by atoms with E-state index >= 15 is 0 Å². The van der Waals surface area contributed by atoms with Crippen LogP contribution in [0.15, 0.2) is 41.4 Å². The first-order valence-corrected chi connectivity index (χ1v) is 9.12. The molecular weight excluding hydrogens is 497 g/mol. The van der Waals surface area contributed by atoms with Gasteiger partial charge in [0, 0.05) is 16.1 Å². The molecule has 0 spiro atoms. The van der Waals surface area contributed by atoms with Gasteiger partial charge in [-0.2, -0.15) is 0 Å². The van der Waals surface area contributed by atoms with Crippen LogP contribution in [0.5, 0.6) is 5.75 Å². The molecule has 0 aliphatic heterocycles. The molecule has 0 aliphatic rings. The molecule has 2 aromatic carbocycles. The van der Waals surface area contributed by atoms with Crippen LogP contribution in [0.2, 0.25) is 25.1 Å². The van der Waals surface area contributed by atoms with Crippen LogP contribution in [0.25, 0.3) is 0 Å². The number of phenolic OH excluding ortho intramolecular Hbond substituents is 1. The van der Waals surface area contributed by atoms with E-state index in [0.29, 0.717) is 0 Å². The molecule has 3 nitrogen and oxygen atoms in total. The predicted octanol–water partition coefficient (Wildman–Crippen LogP) is 7.34. The summed E-state index contributed by atoms with van der Waals surface area (Å²) in [6, 6.07) is 7.59. The minimum atomic E-state index is -0.407. The van der Waals surface area contributed by atoms with Gasteiger partial charge in [0.1, 0.15) is 16.7 Å². The van der Waals surface area contributed by atoms with Crippen LogP contribution in [0, 0.1) is 0 Å². The molecule has 25 heavy (non-hydrogen) atoms.